The zero-order chi connectivity index (χ0) is 20.5. The molecule has 0 amide bonds. The molecule has 0 aliphatic carbocycles. The molecule has 1 aliphatic heterocycles. The molecular formula is C25H27NO2S. The van der Waals surface area contributed by atoms with Gasteiger partial charge in [-0.1, -0.05) is 85.3 Å². The second kappa shape index (κ2) is 7.77. The van der Waals surface area contributed by atoms with Gasteiger partial charge in [-0.05, 0) is 43.0 Å². The van der Waals surface area contributed by atoms with E-state index in [1.165, 1.54) is 11.1 Å². The summed E-state index contributed by atoms with van der Waals surface area (Å²) in [6.45, 7) is 4.50. The molecule has 0 saturated carbocycles. The van der Waals surface area contributed by atoms with Crippen LogP contribution in [0, 0.1) is 6.92 Å². The molecule has 0 N–H and O–H groups in total. The van der Waals surface area contributed by atoms with Gasteiger partial charge in [-0.3, -0.25) is 0 Å². The number of benzene rings is 3. The van der Waals surface area contributed by atoms with Crippen LogP contribution in [-0.4, -0.2) is 25.3 Å². The molecule has 1 aliphatic rings. The first-order chi connectivity index (χ1) is 14.0. The molecule has 0 bridgehead atoms. The lowest BCUT2D eigenvalue weighted by Gasteiger charge is -2.30. The number of aryl methyl sites for hydroxylation is 1. The van der Waals surface area contributed by atoms with Gasteiger partial charge in [0.1, 0.15) is 0 Å². The zero-order valence-corrected chi connectivity index (χ0v) is 17.8. The largest absolute Gasteiger partial charge is 0.243 e. The van der Waals surface area contributed by atoms with Crippen LogP contribution >= 0.6 is 0 Å². The minimum absolute atomic E-state index is 0.0401. The summed E-state index contributed by atoms with van der Waals surface area (Å²) in [7, 11) is -3.57. The molecule has 1 heterocycles. The van der Waals surface area contributed by atoms with Crippen LogP contribution in [0.1, 0.15) is 36.5 Å². The highest BCUT2D eigenvalue weighted by atomic mass is 32.2. The topological polar surface area (TPSA) is 37.4 Å². The molecule has 1 saturated heterocycles. The van der Waals surface area contributed by atoms with E-state index in [0.29, 0.717) is 11.4 Å². The van der Waals surface area contributed by atoms with Crippen molar-refractivity contribution >= 4 is 10.0 Å². The van der Waals surface area contributed by atoms with Crippen LogP contribution in [0.25, 0.3) is 0 Å². The third-order valence-corrected chi connectivity index (χ3v) is 8.08. The average Bonchev–Trinajstić information content (AvgIpc) is 3.17. The molecule has 4 heteroatoms. The molecule has 0 radical (unpaired) electrons. The van der Waals surface area contributed by atoms with Gasteiger partial charge in [-0.15, -0.1) is 0 Å². The highest BCUT2D eigenvalue weighted by Gasteiger charge is 2.49. The Labute approximate surface area is 174 Å². The summed E-state index contributed by atoms with van der Waals surface area (Å²) in [6, 6.07) is 27.8. The molecule has 0 spiro atoms. The van der Waals surface area contributed by atoms with Gasteiger partial charge in [0.2, 0.25) is 10.0 Å². The summed E-state index contributed by atoms with van der Waals surface area (Å²) < 4.78 is 28.9. The maximum absolute atomic E-state index is 13.6. The van der Waals surface area contributed by atoms with Crippen LogP contribution in [-0.2, 0) is 15.4 Å². The second-order valence-corrected chi connectivity index (χ2v) is 9.83. The van der Waals surface area contributed by atoms with Gasteiger partial charge in [0.25, 0.3) is 0 Å². The Morgan fingerprint density at radius 3 is 1.86 bits per heavy atom. The van der Waals surface area contributed by atoms with Gasteiger partial charge in [-0.25, -0.2) is 8.42 Å². The summed E-state index contributed by atoms with van der Waals surface area (Å²) in [5.41, 5.74) is 3.05. The van der Waals surface area contributed by atoms with Crippen molar-refractivity contribution in [1.29, 1.82) is 0 Å². The molecule has 3 nitrogen and oxygen atoms in total. The van der Waals surface area contributed by atoms with Crippen molar-refractivity contribution in [3.05, 3.63) is 102 Å². The van der Waals surface area contributed by atoms with Gasteiger partial charge in [-0.2, -0.15) is 4.31 Å². The fourth-order valence-electron chi connectivity index (χ4n) is 4.54. The number of hydrogen-bond donors (Lipinski definition) is 0. The van der Waals surface area contributed by atoms with Crippen molar-refractivity contribution in [1.82, 2.24) is 4.31 Å². The van der Waals surface area contributed by atoms with Crippen molar-refractivity contribution < 1.29 is 8.42 Å². The minimum Gasteiger partial charge on any atom is -0.207 e. The Morgan fingerprint density at radius 2 is 1.38 bits per heavy atom. The molecule has 1 unspecified atom stereocenters. The van der Waals surface area contributed by atoms with Crippen molar-refractivity contribution in [2.45, 2.75) is 43.0 Å². The lowest BCUT2D eigenvalue weighted by Crippen LogP contribution is -2.37. The van der Waals surface area contributed by atoms with Crippen molar-refractivity contribution in [2.24, 2.45) is 0 Å². The Bertz CT molecular complexity index is 1020. The quantitative estimate of drug-likeness (QED) is 0.588. The summed E-state index contributed by atoms with van der Waals surface area (Å²) in [6.07, 6.45) is 1.56. The molecule has 150 valence electrons. The maximum atomic E-state index is 13.6. The lowest BCUT2D eigenvalue weighted by atomic mass is 9.73. The number of hydrogen-bond acceptors (Lipinski definition) is 2. The molecule has 1 atom stereocenters. The van der Waals surface area contributed by atoms with Gasteiger partial charge in [0, 0.05) is 18.0 Å². The maximum Gasteiger partial charge on any atom is 0.243 e. The molecule has 1 fully saturated rings. The molecule has 3 aromatic rings. The molecular weight excluding hydrogens is 378 g/mol. The summed E-state index contributed by atoms with van der Waals surface area (Å²) in [5, 5.41) is 0. The predicted molar refractivity (Wildman–Crippen MR) is 117 cm³/mol. The number of sulfonamides is 1. The van der Waals surface area contributed by atoms with Crippen LogP contribution in [0.15, 0.2) is 89.8 Å². The van der Waals surface area contributed by atoms with Gasteiger partial charge < -0.3 is 0 Å². The Morgan fingerprint density at radius 1 is 0.862 bits per heavy atom. The summed E-state index contributed by atoms with van der Waals surface area (Å²) in [5.74, 6) is 0. The second-order valence-electron chi connectivity index (χ2n) is 7.94. The van der Waals surface area contributed by atoms with E-state index < -0.39 is 10.0 Å². The van der Waals surface area contributed by atoms with Gasteiger partial charge in [0.05, 0.1) is 4.90 Å². The van der Waals surface area contributed by atoms with Crippen LogP contribution in [0.3, 0.4) is 0 Å². The molecule has 0 aromatic heterocycles. The van der Waals surface area contributed by atoms with E-state index in [2.05, 4.69) is 31.2 Å². The summed E-state index contributed by atoms with van der Waals surface area (Å²) >= 11 is 0. The first-order valence-electron chi connectivity index (χ1n) is 10.2. The fraction of sp³-hybridized carbons (Fsp3) is 0.280. The molecule has 29 heavy (non-hydrogen) atoms. The van der Waals surface area contributed by atoms with E-state index in [4.69, 9.17) is 0 Å². The van der Waals surface area contributed by atoms with Crippen LogP contribution in [0.2, 0.25) is 0 Å². The van der Waals surface area contributed by atoms with Crippen molar-refractivity contribution in [3.8, 4) is 0 Å². The average molecular weight is 406 g/mol. The first-order valence-corrected chi connectivity index (χ1v) is 11.6. The standard InChI is InChI=1S/C25H27NO2S/c1-3-23-18-25(21-10-6-4-7-11-21,22-12-8-5-9-13-22)19-26(23)29(27,28)24-16-14-20(2)15-17-24/h4-17,23H,3,18-19H2,1-2H3. The van der Waals surface area contributed by atoms with E-state index in [-0.39, 0.29) is 11.5 Å². The normalized spacial score (nSPS) is 19.3. The van der Waals surface area contributed by atoms with Crippen LogP contribution < -0.4 is 0 Å². The van der Waals surface area contributed by atoms with E-state index in [9.17, 15) is 8.42 Å². The molecule has 4 rings (SSSR count). The van der Waals surface area contributed by atoms with Crippen LogP contribution in [0.5, 0.6) is 0 Å². The van der Waals surface area contributed by atoms with E-state index >= 15 is 0 Å². The van der Waals surface area contributed by atoms with E-state index in [1.54, 1.807) is 16.4 Å². The van der Waals surface area contributed by atoms with Crippen LogP contribution in [0.4, 0.5) is 0 Å². The third-order valence-electron chi connectivity index (χ3n) is 6.17. The fourth-order valence-corrected chi connectivity index (χ4v) is 6.30. The smallest absolute Gasteiger partial charge is 0.207 e. The van der Waals surface area contributed by atoms with Crippen molar-refractivity contribution in [3.63, 3.8) is 0 Å². The third kappa shape index (κ3) is 3.52. The Kier molecular flexibility index (Phi) is 5.32. The predicted octanol–water partition coefficient (Wildman–Crippen LogP) is 5.15. The Balaban J connectivity index is 1.83. The Hall–Kier alpha value is -2.43. The first kappa shape index (κ1) is 19.9. The minimum atomic E-state index is -3.57. The highest BCUT2D eigenvalue weighted by molar-refractivity contribution is 7.89. The van der Waals surface area contributed by atoms with E-state index in [0.717, 1.165) is 18.4 Å². The highest BCUT2D eigenvalue weighted by Crippen LogP contribution is 2.46. The lowest BCUT2D eigenvalue weighted by molar-refractivity contribution is 0.378. The molecule has 3 aromatic carbocycles. The van der Waals surface area contributed by atoms with Crippen molar-refractivity contribution in [2.75, 3.05) is 6.54 Å². The monoisotopic (exact) mass is 405 g/mol. The van der Waals surface area contributed by atoms with Gasteiger partial charge >= 0.3 is 0 Å². The summed E-state index contributed by atoms with van der Waals surface area (Å²) in [4.78, 5) is 0.374. The zero-order valence-electron chi connectivity index (χ0n) is 17.0. The van der Waals surface area contributed by atoms with Gasteiger partial charge in [0.15, 0.2) is 0 Å². The van der Waals surface area contributed by atoms with E-state index in [1.807, 2.05) is 55.5 Å². The number of nitrogens with zero attached hydrogens (tertiary/aromatic N) is 1. The number of rotatable bonds is 5. The SMILES string of the molecule is CCC1CC(c2ccccc2)(c2ccccc2)CN1S(=O)(=O)c1ccc(C)cc1.